The minimum absolute atomic E-state index is 0.322. The summed E-state index contributed by atoms with van der Waals surface area (Å²) >= 11 is 7.42. The van der Waals surface area contributed by atoms with Gasteiger partial charge in [-0.2, -0.15) is 0 Å². The summed E-state index contributed by atoms with van der Waals surface area (Å²) < 4.78 is 17.3. The minimum atomic E-state index is -0.841. The number of carbonyl (C=O) groups is 1. The van der Waals surface area contributed by atoms with Crippen LogP contribution in [-0.4, -0.2) is 36.8 Å². The Labute approximate surface area is 204 Å². The van der Waals surface area contributed by atoms with Crippen LogP contribution in [0.15, 0.2) is 52.9 Å². The second kappa shape index (κ2) is 9.74. The van der Waals surface area contributed by atoms with Crippen molar-refractivity contribution in [2.24, 2.45) is 0 Å². The van der Waals surface area contributed by atoms with Crippen molar-refractivity contribution in [1.29, 1.82) is 0 Å². The Bertz CT molecular complexity index is 1430. The molecule has 4 rings (SSSR count). The van der Waals surface area contributed by atoms with Crippen molar-refractivity contribution in [2.75, 3.05) is 26.6 Å². The predicted molar refractivity (Wildman–Crippen MR) is 134 cm³/mol. The number of amides is 1. The molecular formula is C24H22ClN3O5S. The lowest BCUT2D eigenvalue weighted by molar-refractivity contribution is -0.118. The van der Waals surface area contributed by atoms with Gasteiger partial charge in [-0.1, -0.05) is 17.7 Å². The van der Waals surface area contributed by atoms with Crippen LogP contribution < -0.4 is 25.1 Å². The first-order valence-electron chi connectivity index (χ1n) is 10.2. The van der Waals surface area contributed by atoms with Gasteiger partial charge >= 0.3 is 0 Å². The average molecular weight is 500 g/mol. The van der Waals surface area contributed by atoms with Crippen molar-refractivity contribution in [3.63, 3.8) is 0 Å². The summed E-state index contributed by atoms with van der Waals surface area (Å²) in [6, 6.07) is 9.49. The molecule has 176 valence electrons. The van der Waals surface area contributed by atoms with Crippen LogP contribution in [0.1, 0.15) is 13.0 Å². The van der Waals surface area contributed by atoms with E-state index in [2.05, 4.69) is 10.3 Å². The van der Waals surface area contributed by atoms with Gasteiger partial charge in [-0.3, -0.25) is 14.2 Å². The largest absolute Gasteiger partial charge is 0.495 e. The van der Waals surface area contributed by atoms with E-state index < -0.39 is 11.9 Å². The molecule has 0 saturated heterocycles. The molecule has 0 fully saturated rings. The summed E-state index contributed by atoms with van der Waals surface area (Å²) in [6.45, 7) is 1.63. The van der Waals surface area contributed by atoms with Crippen molar-refractivity contribution < 1.29 is 19.0 Å². The van der Waals surface area contributed by atoms with Crippen molar-refractivity contribution in [3.05, 3.63) is 63.5 Å². The standard InChI is InChI=1S/C24H22ClN3O5S/c1-13(22(29)27-17-10-15(25)6-8-18(17)31-2)28-12-26-23-21(24(28)30)16(11-34-23)14-5-7-19(32-3)20(9-14)33-4/h5-13H,1-4H3,(H,27,29). The van der Waals surface area contributed by atoms with E-state index in [1.54, 1.807) is 51.5 Å². The van der Waals surface area contributed by atoms with Crippen molar-refractivity contribution in [2.45, 2.75) is 13.0 Å². The number of fused-ring (bicyclic) bond motifs is 1. The Kier molecular flexibility index (Phi) is 6.76. The fourth-order valence-electron chi connectivity index (χ4n) is 3.58. The fourth-order valence-corrected chi connectivity index (χ4v) is 4.66. The fraction of sp³-hybridized carbons (Fsp3) is 0.208. The zero-order chi connectivity index (χ0) is 24.4. The van der Waals surface area contributed by atoms with Crippen molar-refractivity contribution in [3.8, 4) is 28.4 Å². The summed E-state index contributed by atoms with van der Waals surface area (Å²) in [5, 5.41) is 5.52. The molecule has 1 atom stereocenters. The quantitative estimate of drug-likeness (QED) is 0.384. The third-order valence-electron chi connectivity index (χ3n) is 5.43. The van der Waals surface area contributed by atoms with E-state index in [-0.39, 0.29) is 5.56 Å². The number of nitrogens with zero attached hydrogens (tertiary/aromatic N) is 2. The van der Waals surface area contributed by atoms with Crippen LogP contribution in [0.4, 0.5) is 5.69 Å². The molecule has 0 radical (unpaired) electrons. The van der Waals surface area contributed by atoms with Gasteiger partial charge in [-0.25, -0.2) is 4.98 Å². The number of nitrogens with one attached hydrogen (secondary N) is 1. The Balaban J connectivity index is 1.72. The summed E-state index contributed by atoms with van der Waals surface area (Å²) in [5.74, 6) is 1.18. The van der Waals surface area contributed by atoms with Crippen LogP contribution in [-0.2, 0) is 4.79 Å². The number of hydrogen-bond donors (Lipinski definition) is 1. The van der Waals surface area contributed by atoms with Crippen LogP contribution in [0.2, 0.25) is 5.02 Å². The second-order valence-electron chi connectivity index (χ2n) is 7.37. The van der Waals surface area contributed by atoms with Crippen LogP contribution >= 0.6 is 22.9 Å². The molecule has 0 aliphatic carbocycles. The molecule has 2 aromatic heterocycles. The second-order valence-corrected chi connectivity index (χ2v) is 8.66. The van der Waals surface area contributed by atoms with Crippen molar-refractivity contribution in [1.82, 2.24) is 9.55 Å². The minimum Gasteiger partial charge on any atom is -0.495 e. The van der Waals surface area contributed by atoms with E-state index >= 15 is 0 Å². The summed E-state index contributed by atoms with van der Waals surface area (Å²) in [4.78, 5) is 31.5. The summed E-state index contributed by atoms with van der Waals surface area (Å²) in [7, 11) is 4.61. The zero-order valence-electron chi connectivity index (χ0n) is 18.9. The number of ether oxygens (including phenoxy) is 3. The van der Waals surface area contributed by atoms with E-state index in [4.69, 9.17) is 25.8 Å². The molecule has 0 aliphatic heterocycles. The zero-order valence-corrected chi connectivity index (χ0v) is 20.5. The lowest BCUT2D eigenvalue weighted by Crippen LogP contribution is -2.31. The van der Waals surface area contributed by atoms with Crippen LogP contribution in [0.3, 0.4) is 0 Å². The predicted octanol–water partition coefficient (Wildman–Crippen LogP) is 5.00. The van der Waals surface area contributed by atoms with Crippen molar-refractivity contribution >= 4 is 44.7 Å². The molecule has 1 N–H and O–H groups in total. The monoisotopic (exact) mass is 499 g/mol. The van der Waals surface area contributed by atoms with Gasteiger partial charge < -0.3 is 19.5 Å². The summed E-state index contributed by atoms with van der Waals surface area (Å²) in [6.07, 6.45) is 1.39. The Morgan fingerprint density at radius 2 is 1.76 bits per heavy atom. The maximum absolute atomic E-state index is 13.5. The van der Waals surface area contributed by atoms with E-state index in [0.29, 0.717) is 43.7 Å². The first-order valence-corrected chi connectivity index (χ1v) is 11.5. The number of aromatic nitrogens is 2. The third kappa shape index (κ3) is 4.32. The van der Waals surface area contributed by atoms with E-state index in [1.807, 2.05) is 11.4 Å². The number of benzene rings is 2. The lowest BCUT2D eigenvalue weighted by Gasteiger charge is -2.17. The Morgan fingerprint density at radius 1 is 1.06 bits per heavy atom. The van der Waals surface area contributed by atoms with Crippen LogP contribution in [0.25, 0.3) is 21.3 Å². The van der Waals surface area contributed by atoms with Gasteiger partial charge in [-0.05, 0) is 42.8 Å². The SMILES string of the molecule is COc1ccc(Cl)cc1NC(=O)C(C)n1cnc2scc(-c3ccc(OC)c(OC)c3)c2c1=O. The number of anilines is 1. The molecule has 0 spiro atoms. The molecule has 10 heteroatoms. The van der Waals surface area contributed by atoms with E-state index in [0.717, 1.165) is 5.56 Å². The van der Waals surface area contributed by atoms with Crippen LogP contribution in [0.5, 0.6) is 17.2 Å². The highest BCUT2D eigenvalue weighted by Crippen LogP contribution is 2.36. The molecule has 0 saturated carbocycles. The van der Waals surface area contributed by atoms with Gasteiger partial charge in [-0.15, -0.1) is 11.3 Å². The molecular weight excluding hydrogens is 478 g/mol. The van der Waals surface area contributed by atoms with E-state index in [1.165, 1.54) is 29.3 Å². The molecule has 8 nitrogen and oxygen atoms in total. The highest BCUT2D eigenvalue weighted by Gasteiger charge is 2.22. The normalized spacial score (nSPS) is 11.8. The molecule has 4 aromatic rings. The maximum Gasteiger partial charge on any atom is 0.263 e. The topological polar surface area (TPSA) is 91.7 Å². The Morgan fingerprint density at radius 3 is 2.47 bits per heavy atom. The molecule has 1 amide bonds. The number of halogens is 1. The first-order chi connectivity index (χ1) is 16.4. The molecule has 34 heavy (non-hydrogen) atoms. The van der Waals surface area contributed by atoms with Gasteiger partial charge in [0.15, 0.2) is 11.5 Å². The average Bonchev–Trinajstić information content (AvgIpc) is 3.28. The summed E-state index contributed by atoms with van der Waals surface area (Å²) in [5.41, 5.74) is 1.57. The van der Waals surface area contributed by atoms with Crippen LogP contribution in [0, 0.1) is 0 Å². The number of carbonyl (C=O) groups excluding carboxylic acids is 1. The van der Waals surface area contributed by atoms with Gasteiger partial charge in [0.05, 0.1) is 38.7 Å². The molecule has 2 aromatic carbocycles. The molecule has 1 unspecified atom stereocenters. The molecule has 0 bridgehead atoms. The third-order valence-corrected chi connectivity index (χ3v) is 6.55. The van der Waals surface area contributed by atoms with E-state index in [9.17, 15) is 9.59 Å². The van der Waals surface area contributed by atoms with Gasteiger partial charge in [0.1, 0.15) is 16.6 Å². The number of rotatable bonds is 7. The van der Waals surface area contributed by atoms with Gasteiger partial charge in [0, 0.05) is 16.0 Å². The molecule has 2 heterocycles. The smallest absolute Gasteiger partial charge is 0.263 e. The maximum atomic E-state index is 13.5. The van der Waals surface area contributed by atoms with Gasteiger partial charge in [0.25, 0.3) is 5.56 Å². The molecule has 0 aliphatic rings. The first kappa shape index (κ1) is 23.6. The Hall–Kier alpha value is -3.56. The lowest BCUT2D eigenvalue weighted by atomic mass is 10.1. The van der Waals surface area contributed by atoms with Gasteiger partial charge in [0.2, 0.25) is 5.91 Å². The highest BCUT2D eigenvalue weighted by atomic mass is 35.5. The number of hydrogen-bond acceptors (Lipinski definition) is 7. The highest BCUT2D eigenvalue weighted by molar-refractivity contribution is 7.17. The number of methoxy groups -OCH3 is 3. The number of thiophene rings is 1.